The first-order valence-corrected chi connectivity index (χ1v) is 8.69. The Labute approximate surface area is 157 Å². The molecule has 2 aromatic carbocycles. The van der Waals surface area contributed by atoms with E-state index in [0.717, 1.165) is 24.1 Å². The lowest BCUT2D eigenvalue weighted by molar-refractivity contribution is -0.122. The van der Waals surface area contributed by atoms with Gasteiger partial charge in [-0.2, -0.15) is 0 Å². The highest BCUT2D eigenvalue weighted by molar-refractivity contribution is 5.99. The van der Waals surface area contributed by atoms with Crippen molar-refractivity contribution in [2.75, 3.05) is 16.8 Å². The van der Waals surface area contributed by atoms with E-state index in [1.165, 1.54) is 12.1 Å². The van der Waals surface area contributed by atoms with Gasteiger partial charge in [-0.15, -0.1) is 0 Å². The molecule has 0 fully saturated rings. The van der Waals surface area contributed by atoms with Crippen molar-refractivity contribution in [2.45, 2.75) is 25.8 Å². The molecule has 7 nitrogen and oxygen atoms in total. The Hall–Kier alpha value is -3.35. The van der Waals surface area contributed by atoms with Gasteiger partial charge in [0.15, 0.2) is 6.61 Å². The molecule has 0 radical (unpaired) electrons. The smallest absolute Gasteiger partial charge is 0.338 e. The number of benzene rings is 2. The van der Waals surface area contributed by atoms with E-state index in [2.05, 4.69) is 5.32 Å². The van der Waals surface area contributed by atoms with E-state index in [-0.39, 0.29) is 24.1 Å². The summed E-state index contributed by atoms with van der Waals surface area (Å²) in [6.07, 6.45) is 1.78. The normalized spacial score (nSPS) is 15.6. The van der Waals surface area contributed by atoms with E-state index in [1.54, 1.807) is 17.0 Å². The Balaban J connectivity index is 1.67. The molecular formula is C20H21N3O4. The highest BCUT2D eigenvalue weighted by Gasteiger charge is 2.28. The summed E-state index contributed by atoms with van der Waals surface area (Å²) in [4.78, 5) is 37.6. The van der Waals surface area contributed by atoms with Gasteiger partial charge in [-0.05, 0) is 49.6 Å². The lowest BCUT2D eigenvalue weighted by Gasteiger charge is -2.35. The van der Waals surface area contributed by atoms with E-state index in [4.69, 9.17) is 10.5 Å². The first-order chi connectivity index (χ1) is 13.0. The van der Waals surface area contributed by atoms with Gasteiger partial charge < -0.3 is 20.7 Å². The Morgan fingerprint density at radius 1 is 1.19 bits per heavy atom. The van der Waals surface area contributed by atoms with E-state index in [9.17, 15) is 14.4 Å². The van der Waals surface area contributed by atoms with Gasteiger partial charge in [-0.25, -0.2) is 9.59 Å². The van der Waals surface area contributed by atoms with Crippen LogP contribution in [0.25, 0.3) is 0 Å². The number of fused-ring (bicyclic) bond motifs is 1. The van der Waals surface area contributed by atoms with Crippen LogP contribution in [0, 0.1) is 0 Å². The van der Waals surface area contributed by atoms with E-state index in [1.807, 2.05) is 31.2 Å². The maximum Gasteiger partial charge on any atom is 0.338 e. The number of aryl methyl sites for hydroxylation is 1. The second kappa shape index (κ2) is 7.90. The zero-order valence-electron chi connectivity index (χ0n) is 15.0. The van der Waals surface area contributed by atoms with Gasteiger partial charge in [0.05, 0.1) is 5.56 Å². The molecule has 1 aliphatic heterocycles. The second-order valence-corrected chi connectivity index (χ2v) is 6.43. The van der Waals surface area contributed by atoms with Crippen molar-refractivity contribution < 1.29 is 19.1 Å². The zero-order valence-corrected chi connectivity index (χ0v) is 15.0. The minimum absolute atomic E-state index is 0.0363. The van der Waals surface area contributed by atoms with Gasteiger partial charge >= 0.3 is 12.0 Å². The van der Waals surface area contributed by atoms with Crippen LogP contribution in [-0.4, -0.2) is 30.6 Å². The number of anilines is 2. The van der Waals surface area contributed by atoms with Gasteiger partial charge in [0.25, 0.3) is 5.91 Å². The summed E-state index contributed by atoms with van der Waals surface area (Å²) in [6.45, 7) is 1.62. The number of rotatable bonds is 4. The number of primary amides is 1. The standard InChI is InChI=1S/C20H21N3O4/c1-13-9-10-14-5-2-3-8-17(14)23(13)18(24)12-27-19(25)15-6-4-7-16(11-15)22-20(21)26/h2-8,11,13H,9-10,12H2,1H3,(H3,21,22,26)/t13-/m1/s1. The Morgan fingerprint density at radius 2 is 1.96 bits per heavy atom. The van der Waals surface area contributed by atoms with Crippen LogP contribution in [0.5, 0.6) is 0 Å². The van der Waals surface area contributed by atoms with Crippen molar-refractivity contribution >= 4 is 29.3 Å². The van der Waals surface area contributed by atoms with Crippen molar-refractivity contribution in [1.82, 2.24) is 0 Å². The fourth-order valence-corrected chi connectivity index (χ4v) is 3.21. The lowest BCUT2D eigenvalue weighted by Crippen LogP contribution is -2.44. The van der Waals surface area contributed by atoms with Crippen molar-refractivity contribution in [3.05, 3.63) is 59.7 Å². The number of nitrogens with zero attached hydrogens (tertiary/aromatic N) is 1. The summed E-state index contributed by atoms with van der Waals surface area (Å²) in [5, 5.41) is 2.39. The number of urea groups is 1. The van der Waals surface area contributed by atoms with Crippen LogP contribution < -0.4 is 16.0 Å². The molecular weight excluding hydrogens is 346 g/mol. The molecule has 3 amide bonds. The minimum atomic E-state index is -0.728. The molecule has 140 valence electrons. The zero-order chi connectivity index (χ0) is 19.4. The van der Waals surface area contributed by atoms with Gasteiger partial charge in [-0.3, -0.25) is 4.79 Å². The fraction of sp³-hybridized carbons (Fsp3) is 0.250. The summed E-state index contributed by atoms with van der Waals surface area (Å²) < 4.78 is 5.19. The van der Waals surface area contributed by atoms with Crippen LogP contribution in [0.3, 0.4) is 0 Å². The third-order valence-corrected chi connectivity index (χ3v) is 4.48. The third kappa shape index (κ3) is 4.25. The molecule has 0 saturated heterocycles. The van der Waals surface area contributed by atoms with Crippen molar-refractivity contribution in [3.8, 4) is 0 Å². The molecule has 1 heterocycles. The summed E-state index contributed by atoms with van der Waals surface area (Å²) >= 11 is 0. The van der Waals surface area contributed by atoms with Crippen LogP contribution in [0.2, 0.25) is 0 Å². The second-order valence-electron chi connectivity index (χ2n) is 6.43. The number of hydrogen-bond acceptors (Lipinski definition) is 4. The fourth-order valence-electron chi connectivity index (χ4n) is 3.21. The molecule has 3 rings (SSSR count). The van der Waals surface area contributed by atoms with E-state index >= 15 is 0 Å². The lowest BCUT2D eigenvalue weighted by atomic mass is 9.96. The Morgan fingerprint density at radius 3 is 2.74 bits per heavy atom. The molecule has 3 N–H and O–H groups in total. The number of carbonyl (C=O) groups excluding carboxylic acids is 3. The molecule has 2 aromatic rings. The van der Waals surface area contributed by atoms with Crippen LogP contribution in [-0.2, 0) is 16.0 Å². The number of nitrogens with one attached hydrogen (secondary N) is 1. The first-order valence-electron chi connectivity index (χ1n) is 8.69. The molecule has 0 bridgehead atoms. The van der Waals surface area contributed by atoms with Crippen molar-refractivity contribution in [3.63, 3.8) is 0 Å². The molecule has 0 unspecified atom stereocenters. The Bertz CT molecular complexity index is 881. The highest BCUT2D eigenvalue weighted by atomic mass is 16.5. The van der Waals surface area contributed by atoms with Crippen LogP contribution in [0.1, 0.15) is 29.3 Å². The Kier molecular flexibility index (Phi) is 5.40. The largest absolute Gasteiger partial charge is 0.452 e. The highest BCUT2D eigenvalue weighted by Crippen LogP contribution is 2.30. The SMILES string of the molecule is C[C@@H]1CCc2ccccc2N1C(=O)COC(=O)c1cccc(NC(N)=O)c1. The molecule has 0 aliphatic carbocycles. The molecule has 0 aromatic heterocycles. The summed E-state index contributed by atoms with van der Waals surface area (Å²) in [7, 11) is 0. The quantitative estimate of drug-likeness (QED) is 0.811. The third-order valence-electron chi connectivity index (χ3n) is 4.48. The number of nitrogens with two attached hydrogens (primary N) is 1. The van der Waals surface area contributed by atoms with Crippen LogP contribution in [0.15, 0.2) is 48.5 Å². The summed E-state index contributed by atoms with van der Waals surface area (Å²) in [5.74, 6) is -0.913. The molecule has 1 aliphatic rings. The minimum Gasteiger partial charge on any atom is -0.452 e. The van der Waals surface area contributed by atoms with E-state index < -0.39 is 12.0 Å². The maximum absolute atomic E-state index is 12.7. The number of hydrogen-bond donors (Lipinski definition) is 2. The monoisotopic (exact) mass is 367 g/mol. The molecule has 0 spiro atoms. The predicted molar refractivity (Wildman–Crippen MR) is 102 cm³/mol. The number of esters is 1. The summed E-state index contributed by atoms with van der Waals surface area (Å²) in [5.41, 5.74) is 7.64. The van der Waals surface area contributed by atoms with Crippen LogP contribution >= 0.6 is 0 Å². The number of carbonyl (C=O) groups is 3. The molecule has 27 heavy (non-hydrogen) atoms. The molecule has 0 saturated carbocycles. The van der Waals surface area contributed by atoms with Gasteiger partial charge in [-0.1, -0.05) is 24.3 Å². The average Bonchev–Trinajstić information content (AvgIpc) is 2.65. The number of para-hydroxylation sites is 1. The first kappa shape index (κ1) is 18.4. The predicted octanol–water partition coefficient (Wildman–Crippen LogP) is 2.70. The van der Waals surface area contributed by atoms with Gasteiger partial charge in [0.2, 0.25) is 0 Å². The summed E-state index contributed by atoms with van der Waals surface area (Å²) in [6, 6.07) is 13.2. The van der Waals surface area contributed by atoms with Gasteiger partial charge in [0.1, 0.15) is 0 Å². The van der Waals surface area contributed by atoms with Crippen LogP contribution in [0.4, 0.5) is 16.2 Å². The number of amides is 3. The van der Waals surface area contributed by atoms with Crippen molar-refractivity contribution in [1.29, 1.82) is 0 Å². The maximum atomic E-state index is 12.7. The number of ether oxygens (including phenoxy) is 1. The molecule has 1 atom stereocenters. The van der Waals surface area contributed by atoms with Gasteiger partial charge in [0, 0.05) is 17.4 Å². The average molecular weight is 367 g/mol. The molecule has 7 heteroatoms. The van der Waals surface area contributed by atoms with E-state index in [0.29, 0.717) is 5.69 Å². The topological polar surface area (TPSA) is 102 Å². The van der Waals surface area contributed by atoms with Crippen molar-refractivity contribution in [2.24, 2.45) is 5.73 Å².